The summed E-state index contributed by atoms with van der Waals surface area (Å²) in [7, 11) is 0. The van der Waals surface area contributed by atoms with E-state index < -0.39 is 35.6 Å². The number of hydrogen-bond acceptors (Lipinski definition) is 4. The van der Waals surface area contributed by atoms with Crippen LogP contribution in [0.1, 0.15) is 28.6 Å². The summed E-state index contributed by atoms with van der Waals surface area (Å²) in [5.74, 6) is -0.720. The molecule has 0 aromatic carbocycles. The Morgan fingerprint density at radius 3 is 2.08 bits per heavy atom. The van der Waals surface area contributed by atoms with Crippen LogP contribution >= 0.6 is 0 Å². The average Bonchev–Trinajstić information content (AvgIpc) is 3.33. The van der Waals surface area contributed by atoms with E-state index in [-0.39, 0.29) is 16.9 Å². The van der Waals surface area contributed by atoms with Crippen molar-refractivity contribution in [3.8, 4) is 0 Å². The lowest BCUT2D eigenvalue weighted by atomic mass is 10.1. The summed E-state index contributed by atoms with van der Waals surface area (Å²) in [5.41, 5.74) is -2.47. The molecule has 1 atom stereocenters. The van der Waals surface area contributed by atoms with E-state index in [4.69, 9.17) is 4.74 Å². The van der Waals surface area contributed by atoms with E-state index >= 15 is 0 Å². The SMILES string of the molecule is O/C(=C1\OC1c1ccnc(C(F)(F)F)c1)c1ccnc(C(F)(F)F)c1. The van der Waals surface area contributed by atoms with Gasteiger partial charge in [-0.2, -0.15) is 26.3 Å². The molecular formula is C15H8F6N2O2. The molecule has 10 heteroatoms. The third-order valence-corrected chi connectivity index (χ3v) is 3.36. The molecule has 0 bridgehead atoms. The Bertz CT molecular complexity index is 844. The fourth-order valence-corrected chi connectivity index (χ4v) is 2.13. The number of aliphatic hydroxyl groups is 1. The third kappa shape index (κ3) is 3.52. The van der Waals surface area contributed by atoms with E-state index in [1.54, 1.807) is 0 Å². The molecule has 0 radical (unpaired) electrons. The topological polar surface area (TPSA) is 58.5 Å². The standard InChI is InChI=1S/C15H8F6N2O2/c16-14(17,18)9-5-7(1-3-22-9)11(24)13-12(25-13)8-2-4-23-10(6-8)15(19,20)21/h1-6,12,24H/b13-11-. The Morgan fingerprint density at radius 1 is 0.920 bits per heavy atom. The van der Waals surface area contributed by atoms with Gasteiger partial charge in [0.15, 0.2) is 17.6 Å². The molecule has 1 unspecified atom stereocenters. The van der Waals surface area contributed by atoms with Gasteiger partial charge in [-0.15, -0.1) is 0 Å². The Kier molecular flexibility index (Phi) is 3.85. The average molecular weight is 362 g/mol. The maximum absolute atomic E-state index is 12.7. The van der Waals surface area contributed by atoms with Crippen LogP contribution in [0.4, 0.5) is 26.3 Å². The lowest BCUT2D eigenvalue weighted by molar-refractivity contribution is -0.142. The predicted molar refractivity (Wildman–Crippen MR) is 71.9 cm³/mol. The molecule has 1 aliphatic rings. The highest BCUT2D eigenvalue weighted by Gasteiger charge is 2.41. The summed E-state index contributed by atoms with van der Waals surface area (Å²) >= 11 is 0. The van der Waals surface area contributed by atoms with Crippen LogP contribution in [0.2, 0.25) is 0 Å². The first-order valence-corrected chi connectivity index (χ1v) is 6.74. The number of hydrogen-bond donors (Lipinski definition) is 1. The first-order chi connectivity index (χ1) is 11.6. The lowest BCUT2D eigenvalue weighted by Gasteiger charge is -2.06. The fraction of sp³-hybridized carbons (Fsp3) is 0.200. The Hall–Kier alpha value is -2.78. The Labute approximate surface area is 136 Å². The third-order valence-electron chi connectivity index (χ3n) is 3.36. The molecule has 2 aromatic heterocycles. The molecule has 25 heavy (non-hydrogen) atoms. The molecule has 1 N–H and O–H groups in total. The molecule has 0 amide bonds. The summed E-state index contributed by atoms with van der Waals surface area (Å²) in [4.78, 5) is 6.35. The number of nitrogens with zero attached hydrogens (tertiary/aromatic N) is 2. The molecule has 0 spiro atoms. The van der Waals surface area contributed by atoms with Crippen molar-refractivity contribution in [2.75, 3.05) is 0 Å². The van der Waals surface area contributed by atoms with Gasteiger partial charge in [-0.05, 0) is 24.3 Å². The first-order valence-electron chi connectivity index (χ1n) is 6.74. The van der Waals surface area contributed by atoms with Crippen molar-refractivity contribution in [2.45, 2.75) is 18.5 Å². The molecule has 4 nitrogen and oxygen atoms in total. The lowest BCUT2D eigenvalue weighted by Crippen LogP contribution is -2.08. The minimum Gasteiger partial charge on any atom is -0.504 e. The van der Waals surface area contributed by atoms with Gasteiger partial charge in [0.2, 0.25) is 0 Å². The van der Waals surface area contributed by atoms with Gasteiger partial charge < -0.3 is 9.84 Å². The second-order valence-electron chi connectivity index (χ2n) is 5.11. The predicted octanol–water partition coefficient (Wildman–Crippen LogP) is 4.51. The van der Waals surface area contributed by atoms with Gasteiger partial charge in [-0.3, -0.25) is 9.97 Å². The highest BCUT2D eigenvalue weighted by atomic mass is 19.4. The quantitative estimate of drug-likeness (QED) is 0.485. The van der Waals surface area contributed by atoms with Crippen molar-refractivity contribution in [1.29, 1.82) is 0 Å². The normalized spacial score (nSPS) is 19.4. The number of rotatable bonds is 2. The molecule has 3 rings (SSSR count). The van der Waals surface area contributed by atoms with Crippen LogP contribution in [0.5, 0.6) is 0 Å². The van der Waals surface area contributed by atoms with Gasteiger partial charge in [0, 0.05) is 23.5 Å². The van der Waals surface area contributed by atoms with Gasteiger partial charge >= 0.3 is 12.4 Å². The van der Waals surface area contributed by atoms with E-state index in [9.17, 15) is 31.4 Å². The monoisotopic (exact) mass is 362 g/mol. The van der Waals surface area contributed by atoms with Crippen molar-refractivity contribution in [3.63, 3.8) is 0 Å². The molecule has 132 valence electrons. The molecule has 0 saturated carbocycles. The first kappa shape index (κ1) is 17.1. The zero-order valence-corrected chi connectivity index (χ0v) is 12.1. The second-order valence-corrected chi connectivity index (χ2v) is 5.11. The largest absolute Gasteiger partial charge is 0.504 e. The van der Waals surface area contributed by atoms with Crippen LogP contribution < -0.4 is 0 Å². The number of alkyl halides is 6. The molecular weight excluding hydrogens is 354 g/mol. The van der Waals surface area contributed by atoms with Crippen molar-refractivity contribution in [2.24, 2.45) is 0 Å². The maximum atomic E-state index is 12.7. The van der Waals surface area contributed by atoms with Crippen LogP contribution in [-0.4, -0.2) is 15.1 Å². The van der Waals surface area contributed by atoms with Crippen LogP contribution in [0.15, 0.2) is 42.4 Å². The number of pyridine rings is 2. The number of ether oxygens (including phenoxy) is 1. The molecule has 1 aliphatic heterocycles. The zero-order valence-electron chi connectivity index (χ0n) is 12.1. The summed E-state index contributed by atoms with van der Waals surface area (Å²) in [6, 6.07) is 3.76. The number of halogens is 6. The van der Waals surface area contributed by atoms with E-state index in [2.05, 4.69) is 9.97 Å². The fourth-order valence-electron chi connectivity index (χ4n) is 2.13. The smallest absolute Gasteiger partial charge is 0.433 e. The second kappa shape index (κ2) is 5.64. The molecule has 3 heterocycles. The van der Waals surface area contributed by atoms with E-state index in [0.717, 1.165) is 24.5 Å². The van der Waals surface area contributed by atoms with Crippen LogP contribution in [0.25, 0.3) is 5.76 Å². The molecule has 1 saturated heterocycles. The highest BCUT2D eigenvalue weighted by Crippen LogP contribution is 2.47. The van der Waals surface area contributed by atoms with Gasteiger partial charge in [0.05, 0.1) is 0 Å². The van der Waals surface area contributed by atoms with Crippen LogP contribution in [-0.2, 0) is 17.1 Å². The zero-order chi connectivity index (χ0) is 18.4. The number of aliphatic hydroxyl groups excluding tert-OH is 1. The summed E-state index contributed by atoms with van der Waals surface area (Å²) in [6.07, 6.45) is -8.53. The van der Waals surface area contributed by atoms with Crippen molar-refractivity contribution in [3.05, 3.63) is 64.9 Å². The van der Waals surface area contributed by atoms with E-state index in [0.29, 0.717) is 6.07 Å². The van der Waals surface area contributed by atoms with Crippen molar-refractivity contribution >= 4 is 5.76 Å². The van der Waals surface area contributed by atoms with Gasteiger partial charge in [0.25, 0.3) is 0 Å². The minimum atomic E-state index is -4.70. The van der Waals surface area contributed by atoms with Crippen LogP contribution in [0, 0.1) is 0 Å². The number of aromatic nitrogens is 2. The van der Waals surface area contributed by atoms with Crippen LogP contribution in [0.3, 0.4) is 0 Å². The van der Waals surface area contributed by atoms with E-state index in [1.165, 1.54) is 6.07 Å². The highest BCUT2D eigenvalue weighted by molar-refractivity contribution is 5.64. The number of epoxide rings is 1. The van der Waals surface area contributed by atoms with Gasteiger partial charge in [-0.25, -0.2) is 0 Å². The summed E-state index contributed by atoms with van der Waals surface area (Å²) < 4.78 is 80.9. The van der Waals surface area contributed by atoms with E-state index in [1.807, 2.05) is 0 Å². The minimum absolute atomic E-state index is 0.0778. The summed E-state index contributed by atoms with van der Waals surface area (Å²) in [6.45, 7) is 0. The van der Waals surface area contributed by atoms with Crippen molar-refractivity contribution < 1.29 is 36.2 Å². The molecule has 1 fully saturated rings. The maximum Gasteiger partial charge on any atom is 0.433 e. The van der Waals surface area contributed by atoms with Crippen molar-refractivity contribution in [1.82, 2.24) is 9.97 Å². The van der Waals surface area contributed by atoms with Gasteiger partial charge in [0.1, 0.15) is 11.4 Å². The molecule has 2 aromatic rings. The Morgan fingerprint density at radius 2 is 1.48 bits per heavy atom. The van der Waals surface area contributed by atoms with Gasteiger partial charge in [-0.1, -0.05) is 0 Å². The Balaban J connectivity index is 1.90. The molecule has 0 aliphatic carbocycles. The summed E-state index contributed by atoms with van der Waals surface area (Å²) in [5, 5.41) is 10.0.